The molecular formula is C19H18ClFN4O. The van der Waals surface area contributed by atoms with Crippen LogP contribution in [0.1, 0.15) is 11.1 Å². The molecule has 0 amide bonds. The monoisotopic (exact) mass is 372 g/mol. The van der Waals surface area contributed by atoms with Crippen LogP contribution < -0.4 is 10.5 Å². The lowest BCUT2D eigenvalue weighted by atomic mass is 10.1. The number of rotatable bonds is 4. The van der Waals surface area contributed by atoms with Crippen LogP contribution >= 0.6 is 11.6 Å². The number of anilines is 1. The topological polar surface area (TPSA) is 51.0 Å². The first-order chi connectivity index (χ1) is 12.3. The Morgan fingerprint density at radius 1 is 1.15 bits per heavy atom. The van der Waals surface area contributed by atoms with Gasteiger partial charge < -0.3 is 4.90 Å². The molecule has 0 aliphatic heterocycles. The normalized spacial score (nSPS) is 10.8. The minimum Gasteiger partial charge on any atom is -0.363 e. The van der Waals surface area contributed by atoms with E-state index in [0.29, 0.717) is 22.1 Å². The summed E-state index contributed by atoms with van der Waals surface area (Å²) in [6.45, 7) is 1.96. The number of aromatic nitrogens is 3. The molecule has 3 rings (SSSR count). The lowest BCUT2D eigenvalue weighted by Gasteiger charge is -2.13. The van der Waals surface area contributed by atoms with E-state index in [2.05, 4.69) is 10.1 Å². The van der Waals surface area contributed by atoms with Crippen molar-refractivity contribution in [3.63, 3.8) is 0 Å². The maximum Gasteiger partial charge on any atom is 0.270 e. The summed E-state index contributed by atoms with van der Waals surface area (Å²) in [7, 11) is 3.58. The summed E-state index contributed by atoms with van der Waals surface area (Å²) in [6, 6.07) is 12.1. The van der Waals surface area contributed by atoms with Crippen LogP contribution in [0.25, 0.3) is 11.3 Å². The second-order valence-electron chi connectivity index (χ2n) is 6.20. The summed E-state index contributed by atoms with van der Waals surface area (Å²) in [6.07, 6.45) is 0. The highest BCUT2D eigenvalue weighted by atomic mass is 35.5. The van der Waals surface area contributed by atoms with Crippen LogP contribution in [-0.4, -0.2) is 28.9 Å². The number of aryl methyl sites for hydroxylation is 1. The molecule has 0 atom stereocenters. The highest BCUT2D eigenvalue weighted by Crippen LogP contribution is 2.22. The largest absolute Gasteiger partial charge is 0.363 e. The number of hydrogen-bond acceptors (Lipinski definition) is 4. The van der Waals surface area contributed by atoms with Gasteiger partial charge in [0.1, 0.15) is 5.82 Å². The zero-order valence-electron chi connectivity index (χ0n) is 14.7. The van der Waals surface area contributed by atoms with Gasteiger partial charge in [0.15, 0.2) is 0 Å². The molecule has 0 aliphatic rings. The molecule has 0 aliphatic carbocycles. The minimum absolute atomic E-state index is 0.220. The molecule has 0 radical (unpaired) electrons. The van der Waals surface area contributed by atoms with Crippen LogP contribution in [0.5, 0.6) is 0 Å². The third-order valence-corrected chi connectivity index (χ3v) is 4.22. The number of nitrogens with zero attached hydrogens (tertiary/aromatic N) is 4. The highest BCUT2D eigenvalue weighted by Gasteiger charge is 2.13. The maximum atomic E-state index is 14.5. The van der Waals surface area contributed by atoms with Crippen LogP contribution in [0, 0.1) is 12.9 Å². The summed E-state index contributed by atoms with van der Waals surface area (Å²) in [4.78, 5) is 18.1. The highest BCUT2D eigenvalue weighted by molar-refractivity contribution is 6.30. The fourth-order valence-electron chi connectivity index (χ4n) is 2.54. The molecule has 0 unspecified atom stereocenters. The van der Waals surface area contributed by atoms with Crippen molar-refractivity contribution in [3.05, 3.63) is 74.9 Å². The standard InChI is InChI=1S/C19H18ClFN4O/c1-12-10-16(15-8-9-17(24(2)3)22-18(15)21)23-25(19(12)26)11-13-4-6-14(20)7-5-13/h4-10H,11H2,1-3H3. The van der Waals surface area contributed by atoms with Crippen molar-refractivity contribution < 1.29 is 4.39 Å². The first-order valence-corrected chi connectivity index (χ1v) is 8.40. The summed E-state index contributed by atoms with van der Waals surface area (Å²) < 4.78 is 15.8. The third kappa shape index (κ3) is 3.75. The van der Waals surface area contributed by atoms with Crippen molar-refractivity contribution in [1.82, 2.24) is 14.8 Å². The fraction of sp³-hybridized carbons (Fsp3) is 0.211. The molecule has 7 heteroatoms. The van der Waals surface area contributed by atoms with Gasteiger partial charge in [-0.3, -0.25) is 4.79 Å². The molecule has 134 valence electrons. The summed E-state index contributed by atoms with van der Waals surface area (Å²) in [5.41, 5.74) is 1.76. The molecule has 3 aromatic rings. The SMILES string of the molecule is Cc1cc(-c2ccc(N(C)C)nc2F)nn(Cc2ccc(Cl)cc2)c1=O. The first-order valence-electron chi connectivity index (χ1n) is 8.02. The van der Waals surface area contributed by atoms with Crippen molar-refractivity contribution >= 4 is 17.4 Å². The first kappa shape index (κ1) is 18.1. The van der Waals surface area contributed by atoms with E-state index in [1.807, 2.05) is 12.1 Å². The Balaban J connectivity index is 2.03. The molecule has 26 heavy (non-hydrogen) atoms. The smallest absolute Gasteiger partial charge is 0.270 e. The van der Waals surface area contributed by atoms with Gasteiger partial charge in [0.25, 0.3) is 5.56 Å². The Bertz CT molecular complexity index is 999. The average Bonchev–Trinajstić information content (AvgIpc) is 2.60. The molecule has 0 spiro atoms. The molecule has 2 heterocycles. The average molecular weight is 373 g/mol. The van der Waals surface area contributed by atoms with Crippen LogP contribution in [0.15, 0.2) is 47.3 Å². The number of benzene rings is 1. The van der Waals surface area contributed by atoms with Gasteiger partial charge in [-0.1, -0.05) is 23.7 Å². The number of halogens is 2. The van der Waals surface area contributed by atoms with E-state index in [0.717, 1.165) is 5.56 Å². The van der Waals surface area contributed by atoms with Crippen molar-refractivity contribution in [2.75, 3.05) is 19.0 Å². The molecule has 0 N–H and O–H groups in total. The second-order valence-corrected chi connectivity index (χ2v) is 6.64. The summed E-state index contributed by atoms with van der Waals surface area (Å²) in [5.74, 6) is -0.114. The maximum absolute atomic E-state index is 14.5. The van der Waals surface area contributed by atoms with Gasteiger partial charge in [0.2, 0.25) is 5.95 Å². The molecule has 2 aromatic heterocycles. The van der Waals surface area contributed by atoms with Crippen LogP contribution in [-0.2, 0) is 6.54 Å². The third-order valence-electron chi connectivity index (χ3n) is 3.97. The molecule has 1 aromatic carbocycles. The van der Waals surface area contributed by atoms with E-state index in [4.69, 9.17) is 11.6 Å². The molecule has 0 saturated heterocycles. The van der Waals surface area contributed by atoms with E-state index < -0.39 is 5.95 Å². The lowest BCUT2D eigenvalue weighted by Crippen LogP contribution is -2.26. The zero-order chi connectivity index (χ0) is 18.8. The van der Waals surface area contributed by atoms with E-state index >= 15 is 0 Å². The fourth-order valence-corrected chi connectivity index (χ4v) is 2.67. The Labute approximate surface area is 155 Å². The molecular weight excluding hydrogens is 355 g/mol. The number of hydrogen-bond donors (Lipinski definition) is 0. The Hall–Kier alpha value is -2.73. The van der Waals surface area contributed by atoms with Gasteiger partial charge >= 0.3 is 0 Å². The second kappa shape index (κ2) is 7.25. The van der Waals surface area contributed by atoms with E-state index in [1.54, 1.807) is 56.3 Å². The van der Waals surface area contributed by atoms with Crippen molar-refractivity contribution in [1.29, 1.82) is 0 Å². The molecule has 0 saturated carbocycles. The van der Waals surface area contributed by atoms with Crippen LogP contribution in [0.3, 0.4) is 0 Å². The van der Waals surface area contributed by atoms with E-state index in [9.17, 15) is 9.18 Å². The van der Waals surface area contributed by atoms with E-state index in [-0.39, 0.29) is 17.7 Å². The van der Waals surface area contributed by atoms with Gasteiger partial charge in [-0.05, 0) is 42.8 Å². The predicted octanol–water partition coefficient (Wildman–Crippen LogP) is 3.52. The predicted molar refractivity (Wildman–Crippen MR) is 101 cm³/mol. The van der Waals surface area contributed by atoms with Gasteiger partial charge in [0, 0.05) is 24.7 Å². The summed E-state index contributed by atoms with van der Waals surface area (Å²) in [5, 5.41) is 4.95. The van der Waals surface area contributed by atoms with Crippen molar-refractivity contribution in [2.45, 2.75) is 13.5 Å². The molecule has 0 fully saturated rings. The van der Waals surface area contributed by atoms with Crippen LogP contribution in [0.2, 0.25) is 5.02 Å². The molecule has 5 nitrogen and oxygen atoms in total. The zero-order valence-corrected chi connectivity index (χ0v) is 15.5. The quantitative estimate of drug-likeness (QED) is 0.657. The lowest BCUT2D eigenvalue weighted by molar-refractivity contribution is 0.583. The minimum atomic E-state index is -0.625. The van der Waals surface area contributed by atoms with Gasteiger partial charge in [-0.15, -0.1) is 0 Å². The summed E-state index contributed by atoms with van der Waals surface area (Å²) >= 11 is 5.89. The number of pyridine rings is 1. The van der Waals surface area contributed by atoms with Crippen molar-refractivity contribution in [2.24, 2.45) is 0 Å². The van der Waals surface area contributed by atoms with Crippen molar-refractivity contribution in [3.8, 4) is 11.3 Å². The van der Waals surface area contributed by atoms with E-state index in [1.165, 1.54) is 4.68 Å². The van der Waals surface area contributed by atoms with Gasteiger partial charge in [0.05, 0.1) is 17.8 Å². The van der Waals surface area contributed by atoms with Crippen LogP contribution in [0.4, 0.5) is 10.2 Å². The Morgan fingerprint density at radius 2 is 1.85 bits per heavy atom. The molecule has 0 bridgehead atoms. The Kier molecular flexibility index (Phi) is 5.04. The van der Waals surface area contributed by atoms with Gasteiger partial charge in [-0.25, -0.2) is 9.67 Å². The van der Waals surface area contributed by atoms with Gasteiger partial charge in [-0.2, -0.15) is 9.49 Å². The Morgan fingerprint density at radius 3 is 2.46 bits per heavy atom.